The first-order valence-corrected chi connectivity index (χ1v) is 7.82. The van der Waals surface area contributed by atoms with Gasteiger partial charge in [-0.25, -0.2) is 0 Å². The van der Waals surface area contributed by atoms with E-state index in [0.717, 1.165) is 6.07 Å². The summed E-state index contributed by atoms with van der Waals surface area (Å²) in [6.07, 6.45) is 0.724. The molecule has 0 aliphatic carbocycles. The normalized spacial score (nSPS) is 14.0. The molecule has 86 valence electrons. The van der Waals surface area contributed by atoms with Gasteiger partial charge < -0.3 is 0 Å². The summed E-state index contributed by atoms with van der Waals surface area (Å²) >= 11 is 4.29. The van der Waals surface area contributed by atoms with Gasteiger partial charge in [0.15, 0.2) is 0 Å². The Morgan fingerprint density at radius 2 is 2.00 bits per heavy atom. The first-order valence-electron chi connectivity index (χ1n) is 4.15. The molecule has 0 amide bonds. The number of aromatic nitrogens is 1. The molecule has 0 aromatic carbocycles. The van der Waals surface area contributed by atoms with Gasteiger partial charge in [0.2, 0.25) is 0 Å². The number of alkyl halides is 3. The Hall–Kier alpha value is -0.360. The van der Waals surface area contributed by atoms with E-state index in [-0.39, 0.29) is 11.4 Å². The molecule has 0 spiro atoms. The van der Waals surface area contributed by atoms with Crippen LogP contribution in [0.1, 0.15) is 11.3 Å². The third kappa shape index (κ3) is 3.95. The number of hydrogen-bond donors (Lipinski definition) is 1. The lowest BCUT2D eigenvalue weighted by atomic mass is 10.2. The third-order valence-corrected chi connectivity index (χ3v) is 3.05. The van der Waals surface area contributed by atoms with Crippen molar-refractivity contribution in [3.63, 3.8) is 0 Å². The molecular formula is C9H12F3NS2. The molecule has 0 aliphatic rings. The van der Waals surface area contributed by atoms with Gasteiger partial charge in [0.25, 0.3) is 0 Å². The molecule has 1 aromatic rings. The fraction of sp³-hybridized carbons (Fsp3) is 0.444. The standard InChI is InChI=1S/C9H12F3NS2/c1-15(2,14)6-8-7(9(10,11)12)4-3-5-13-8/h3-5,14H,6H2,1-2H3. The van der Waals surface area contributed by atoms with Gasteiger partial charge in [-0.1, -0.05) is 0 Å². The molecule has 1 heterocycles. The van der Waals surface area contributed by atoms with Crippen molar-refractivity contribution < 1.29 is 13.2 Å². The van der Waals surface area contributed by atoms with Crippen LogP contribution in [0.3, 0.4) is 0 Å². The molecule has 15 heavy (non-hydrogen) atoms. The molecule has 1 aromatic heterocycles. The number of thiol groups is 1. The molecule has 0 N–H and O–H groups in total. The van der Waals surface area contributed by atoms with Crippen molar-refractivity contribution >= 4 is 20.7 Å². The highest BCUT2D eigenvalue weighted by Gasteiger charge is 2.34. The maximum atomic E-state index is 12.6. The Labute approximate surface area is 93.2 Å². The van der Waals surface area contributed by atoms with Crippen molar-refractivity contribution in [1.82, 2.24) is 4.98 Å². The summed E-state index contributed by atoms with van der Waals surface area (Å²) in [5.41, 5.74) is -0.570. The lowest BCUT2D eigenvalue weighted by Crippen LogP contribution is -2.11. The van der Waals surface area contributed by atoms with E-state index in [1.807, 2.05) is 12.5 Å². The van der Waals surface area contributed by atoms with E-state index in [9.17, 15) is 13.2 Å². The molecule has 0 bridgehead atoms. The average molecular weight is 255 g/mol. The second kappa shape index (κ2) is 4.25. The monoisotopic (exact) mass is 255 g/mol. The summed E-state index contributed by atoms with van der Waals surface area (Å²) < 4.78 is 37.7. The fourth-order valence-corrected chi connectivity index (χ4v) is 2.41. The van der Waals surface area contributed by atoms with Crippen molar-refractivity contribution in [3.8, 4) is 0 Å². The summed E-state index contributed by atoms with van der Waals surface area (Å²) in [7, 11) is -1.33. The second-order valence-corrected chi connectivity index (χ2v) is 9.83. The lowest BCUT2D eigenvalue weighted by Gasteiger charge is -2.24. The number of pyridine rings is 1. The van der Waals surface area contributed by atoms with Crippen LogP contribution in [-0.4, -0.2) is 17.5 Å². The van der Waals surface area contributed by atoms with E-state index in [1.54, 1.807) is 0 Å². The number of rotatable bonds is 2. The minimum atomic E-state index is -4.33. The zero-order valence-corrected chi connectivity index (χ0v) is 10.1. The smallest absolute Gasteiger partial charge is 0.260 e. The minimum Gasteiger partial charge on any atom is -0.260 e. The first kappa shape index (κ1) is 12.7. The minimum absolute atomic E-state index is 0.0833. The Morgan fingerprint density at radius 3 is 2.47 bits per heavy atom. The number of halogens is 3. The van der Waals surface area contributed by atoms with Gasteiger partial charge >= 0.3 is 6.18 Å². The summed E-state index contributed by atoms with van der Waals surface area (Å²) in [5.74, 6) is 0.270. The molecule has 0 saturated heterocycles. The maximum absolute atomic E-state index is 12.6. The van der Waals surface area contributed by atoms with Crippen molar-refractivity contribution in [2.45, 2.75) is 11.9 Å². The first-order chi connectivity index (χ1) is 6.70. The fourth-order valence-electron chi connectivity index (χ4n) is 1.15. The van der Waals surface area contributed by atoms with Crippen LogP contribution in [0.15, 0.2) is 18.3 Å². The zero-order valence-electron chi connectivity index (χ0n) is 8.38. The largest absolute Gasteiger partial charge is 0.418 e. The molecule has 1 nitrogen and oxygen atoms in total. The van der Waals surface area contributed by atoms with Crippen LogP contribution in [0.4, 0.5) is 13.2 Å². The van der Waals surface area contributed by atoms with E-state index in [4.69, 9.17) is 0 Å². The van der Waals surface area contributed by atoms with E-state index in [0.29, 0.717) is 0 Å². The SMILES string of the molecule is CS(C)(S)Cc1ncccc1C(F)(F)F. The molecule has 6 heteroatoms. The van der Waals surface area contributed by atoms with E-state index in [2.05, 4.69) is 16.6 Å². The summed E-state index contributed by atoms with van der Waals surface area (Å²) in [6, 6.07) is 2.36. The number of nitrogens with zero attached hydrogens (tertiary/aromatic N) is 1. The van der Waals surface area contributed by atoms with Gasteiger partial charge in [-0.2, -0.15) is 22.2 Å². The maximum Gasteiger partial charge on any atom is 0.418 e. The van der Waals surface area contributed by atoms with Crippen LogP contribution >= 0.6 is 20.7 Å². The Bertz CT molecular complexity index is 344. The van der Waals surface area contributed by atoms with Gasteiger partial charge in [0.05, 0.1) is 11.3 Å². The predicted molar refractivity (Wildman–Crippen MR) is 61.4 cm³/mol. The van der Waals surface area contributed by atoms with Crippen molar-refractivity contribution in [3.05, 3.63) is 29.6 Å². The molecule has 0 saturated carbocycles. The quantitative estimate of drug-likeness (QED) is 0.630. The molecule has 0 aliphatic heterocycles. The van der Waals surface area contributed by atoms with Crippen molar-refractivity contribution in [2.75, 3.05) is 12.5 Å². The van der Waals surface area contributed by atoms with Crippen LogP contribution < -0.4 is 0 Å². The van der Waals surface area contributed by atoms with Gasteiger partial charge in [-0.05, 0) is 24.6 Å². The summed E-state index contributed by atoms with van der Waals surface area (Å²) in [5, 5.41) is 0. The lowest BCUT2D eigenvalue weighted by molar-refractivity contribution is -0.138. The average Bonchev–Trinajstić information content (AvgIpc) is 1.99. The van der Waals surface area contributed by atoms with Crippen molar-refractivity contribution in [2.24, 2.45) is 0 Å². The number of hydrogen-bond acceptors (Lipinski definition) is 2. The van der Waals surface area contributed by atoms with E-state index < -0.39 is 20.8 Å². The van der Waals surface area contributed by atoms with E-state index in [1.165, 1.54) is 12.3 Å². The van der Waals surface area contributed by atoms with Crippen LogP contribution in [0.2, 0.25) is 0 Å². The van der Waals surface area contributed by atoms with Crippen LogP contribution in [-0.2, 0) is 11.9 Å². The van der Waals surface area contributed by atoms with Crippen LogP contribution in [0.25, 0.3) is 0 Å². The Balaban J connectivity index is 3.08. The predicted octanol–water partition coefficient (Wildman–Crippen LogP) is 3.51. The highest BCUT2D eigenvalue weighted by atomic mass is 33.1. The van der Waals surface area contributed by atoms with Gasteiger partial charge in [0.1, 0.15) is 0 Å². The second-order valence-electron chi connectivity index (χ2n) is 3.62. The van der Waals surface area contributed by atoms with Crippen LogP contribution in [0, 0.1) is 0 Å². The van der Waals surface area contributed by atoms with E-state index >= 15 is 0 Å². The highest BCUT2D eigenvalue weighted by molar-refractivity contribution is 8.87. The van der Waals surface area contributed by atoms with Crippen molar-refractivity contribution in [1.29, 1.82) is 0 Å². The van der Waals surface area contributed by atoms with Gasteiger partial charge in [-0.15, -0.1) is 11.7 Å². The summed E-state index contributed by atoms with van der Waals surface area (Å²) in [4.78, 5) is 3.78. The third-order valence-electron chi connectivity index (χ3n) is 1.69. The molecule has 0 atom stereocenters. The zero-order chi connectivity index (χ0) is 11.7. The van der Waals surface area contributed by atoms with Gasteiger partial charge in [0, 0.05) is 11.9 Å². The molecule has 0 fully saturated rings. The summed E-state index contributed by atoms with van der Waals surface area (Å²) in [6.45, 7) is 0. The topological polar surface area (TPSA) is 12.9 Å². The molecule has 0 unspecified atom stereocenters. The Morgan fingerprint density at radius 1 is 1.40 bits per heavy atom. The van der Waals surface area contributed by atoms with Gasteiger partial charge in [-0.3, -0.25) is 4.98 Å². The molecule has 1 rings (SSSR count). The molecular weight excluding hydrogens is 243 g/mol. The molecule has 0 radical (unpaired) electrons. The Kier molecular flexibility index (Phi) is 3.60. The van der Waals surface area contributed by atoms with Crippen LogP contribution in [0.5, 0.6) is 0 Å². The highest BCUT2D eigenvalue weighted by Crippen LogP contribution is 2.49.